The summed E-state index contributed by atoms with van der Waals surface area (Å²) >= 11 is 0. The number of nitrogens with zero attached hydrogens (tertiary/aromatic N) is 1. The van der Waals surface area contributed by atoms with Crippen LogP contribution in [0, 0.1) is 11.3 Å². The summed E-state index contributed by atoms with van der Waals surface area (Å²) in [6, 6.07) is 5.61. The van der Waals surface area contributed by atoms with Gasteiger partial charge in [-0.05, 0) is 87.5 Å². The fourth-order valence-electron chi connectivity index (χ4n) is 4.99. The number of methoxy groups -OCH3 is 1. The number of hydrogen-bond donors (Lipinski definition) is 0. The molecule has 1 aromatic rings. The van der Waals surface area contributed by atoms with E-state index in [1.165, 1.54) is 20.0 Å². The summed E-state index contributed by atoms with van der Waals surface area (Å²) in [5.41, 5.74) is 1.44. The van der Waals surface area contributed by atoms with Crippen LogP contribution < -0.4 is 4.74 Å². The van der Waals surface area contributed by atoms with E-state index in [1.807, 2.05) is 32.9 Å². The van der Waals surface area contributed by atoms with Crippen molar-refractivity contribution < 1.29 is 23.8 Å². The molecule has 6 heteroatoms. The SMILES string of the molecule is COC(=O)c1ccc(O[C@H]2CCN(C(=O)OC(C)(C)C)C2)c([C@H]2CC[C@H](C(C)(C)C)CC2)c1. The Bertz CT molecular complexity index is 843. The molecule has 1 heterocycles. The molecule has 0 unspecified atom stereocenters. The number of ether oxygens (including phenoxy) is 3. The molecule has 1 aliphatic carbocycles. The highest BCUT2D eigenvalue weighted by Gasteiger charge is 2.34. The number of amides is 1. The fraction of sp³-hybridized carbons (Fsp3) is 0.704. The molecule has 1 saturated heterocycles. The third-order valence-corrected chi connectivity index (χ3v) is 6.91. The monoisotopic (exact) mass is 459 g/mol. The van der Waals surface area contributed by atoms with Crippen molar-refractivity contribution >= 4 is 12.1 Å². The molecule has 2 aliphatic rings. The Morgan fingerprint density at radius 2 is 1.64 bits per heavy atom. The zero-order chi connectivity index (χ0) is 24.4. The Morgan fingerprint density at radius 3 is 2.21 bits per heavy atom. The minimum atomic E-state index is -0.515. The number of carbonyl (C=O) groups is 2. The lowest BCUT2D eigenvalue weighted by molar-refractivity contribution is 0.0275. The van der Waals surface area contributed by atoms with E-state index in [1.54, 1.807) is 11.0 Å². The predicted molar refractivity (Wildman–Crippen MR) is 129 cm³/mol. The van der Waals surface area contributed by atoms with E-state index in [2.05, 4.69) is 20.8 Å². The lowest BCUT2D eigenvalue weighted by atomic mass is 9.68. The molecule has 33 heavy (non-hydrogen) atoms. The maximum Gasteiger partial charge on any atom is 0.410 e. The van der Waals surface area contributed by atoms with Gasteiger partial charge in [0.05, 0.1) is 19.2 Å². The first-order valence-corrected chi connectivity index (χ1v) is 12.2. The van der Waals surface area contributed by atoms with Gasteiger partial charge in [0.25, 0.3) is 0 Å². The van der Waals surface area contributed by atoms with Crippen molar-refractivity contribution in [2.45, 2.75) is 91.3 Å². The van der Waals surface area contributed by atoms with Crippen molar-refractivity contribution in [2.75, 3.05) is 20.2 Å². The average Bonchev–Trinajstić information content (AvgIpc) is 3.20. The smallest absolute Gasteiger partial charge is 0.410 e. The van der Waals surface area contributed by atoms with Gasteiger partial charge >= 0.3 is 12.1 Å². The number of esters is 1. The molecule has 184 valence electrons. The van der Waals surface area contributed by atoms with Crippen LogP contribution in [0.2, 0.25) is 0 Å². The summed E-state index contributed by atoms with van der Waals surface area (Å²) in [4.78, 5) is 26.3. The van der Waals surface area contributed by atoms with E-state index < -0.39 is 5.60 Å². The fourth-order valence-corrected chi connectivity index (χ4v) is 4.99. The number of rotatable bonds is 4. The Morgan fingerprint density at radius 1 is 0.970 bits per heavy atom. The highest BCUT2D eigenvalue weighted by molar-refractivity contribution is 5.89. The number of hydrogen-bond acceptors (Lipinski definition) is 5. The Balaban J connectivity index is 1.74. The van der Waals surface area contributed by atoms with E-state index in [9.17, 15) is 9.59 Å². The van der Waals surface area contributed by atoms with Crippen LogP contribution in [-0.4, -0.2) is 48.9 Å². The molecule has 0 aromatic heterocycles. The van der Waals surface area contributed by atoms with Crippen LogP contribution in [0.5, 0.6) is 5.75 Å². The summed E-state index contributed by atoms with van der Waals surface area (Å²) in [6.45, 7) is 13.7. The molecule has 1 amide bonds. The molecule has 1 aliphatic heterocycles. The minimum Gasteiger partial charge on any atom is -0.488 e. The quantitative estimate of drug-likeness (QED) is 0.503. The lowest BCUT2D eigenvalue weighted by Crippen LogP contribution is -2.36. The Kier molecular flexibility index (Phi) is 7.65. The first-order valence-electron chi connectivity index (χ1n) is 12.2. The maximum atomic E-state index is 12.4. The minimum absolute atomic E-state index is 0.0915. The average molecular weight is 460 g/mol. The van der Waals surface area contributed by atoms with Gasteiger partial charge in [-0.25, -0.2) is 9.59 Å². The van der Waals surface area contributed by atoms with Gasteiger partial charge in [0.2, 0.25) is 0 Å². The first kappa shape index (κ1) is 25.4. The van der Waals surface area contributed by atoms with Crippen molar-refractivity contribution in [1.29, 1.82) is 0 Å². The van der Waals surface area contributed by atoms with Crippen LogP contribution in [0.25, 0.3) is 0 Å². The summed E-state index contributed by atoms with van der Waals surface area (Å²) in [6.07, 6.45) is 4.88. The summed E-state index contributed by atoms with van der Waals surface area (Å²) < 4.78 is 16.9. The molecule has 0 bridgehead atoms. The zero-order valence-corrected chi connectivity index (χ0v) is 21.4. The Hall–Kier alpha value is -2.24. The van der Waals surface area contributed by atoms with Crippen LogP contribution in [0.3, 0.4) is 0 Å². The molecule has 1 atom stereocenters. The van der Waals surface area contributed by atoms with Crippen molar-refractivity contribution in [2.24, 2.45) is 11.3 Å². The molecule has 1 saturated carbocycles. The number of likely N-dealkylation sites (tertiary alicyclic amines) is 1. The van der Waals surface area contributed by atoms with Crippen LogP contribution in [-0.2, 0) is 9.47 Å². The first-order chi connectivity index (χ1) is 15.4. The third kappa shape index (κ3) is 6.64. The van der Waals surface area contributed by atoms with E-state index in [4.69, 9.17) is 14.2 Å². The number of carbonyl (C=O) groups excluding carboxylic acids is 2. The van der Waals surface area contributed by atoms with Crippen LogP contribution in [0.15, 0.2) is 18.2 Å². The van der Waals surface area contributed by atoms with Crippen molar-refractivity contribution in [3.05, 3.63) is 29.3 Å². The molecular formula is C27H41NO5. The van der Waals surface area contributed by atoms with Crippen LogP contribution in [0.4, 0.5) is 4.79 Å². The molecular weight excluding hydrogens is 418 g/mol. The molecule has 1 aromatic carbocycles. The molecule has 0 radical (unpaired) electrons. The molecule has 6 nitrogen and oxygen atoms in total. The van der Waals surface area contributed by atoms with Crippen LogP contribution >= 0.6 is 0 Å². The van der Waals surface area contributed by atoms with Gasteiger partial charge < -0.3 is 19.1 Å². The lowest BCUT2D eigenvalue weighted by Gasteiger charge is -2.37. The standard InChI is InChI=1S/C27H41NO5/c1-26(2,3)20-11-8-18(9-12-20)22-16-19(24(29)31-7)10-13-23(22)32-21-14-15-28(17-21)25(30)33-27(4,5)6/h10,13,16,18,20-21H,8-9,11-12,14-15,17H2,1-7H3/t18-,20-,21-/m0/s1. The van der Waals surface area contributed by atoms with Crippen molar-refractivity contribution in [3.8, 4) is 5.75 Å². The normalized spacial score (nSPS) is 23.8. The van der Waals surface area contributed by atoms with Crippen molar-refractivity contribution in [1.82, 2.24) is 4.90 Å². The highest BCUT2D eigenvalue weighted by atomic mass is 16.6. The third-order valence-electron chi connectivity index (χ3n) is 6.91. The molecule has 3 rings (SSSR count). The summed E-state index contributed by atoms with van der Waals surface area (Å²) in [5, 5.41) is 0. The van der Waals surface area contributed by atoms with E-state index in [0.717, 1.165) is 30.6 Å². The van der Waals surface area contributed by atoms with E-state index in [-0.39, 0.29) is 18.2 Å². The van der Waals surface area contributed by atoms with Gasteiger partial charge in [0, 0.05) is 13.0 Å². The second-order valence-electron chi connectivity index (χ2n) is 11.6. The molecule has 0 spiro atoms. The van der Waals surface area contributed by atoms with Gasteiger partial charge in [0.15, 0.2) is 0 Å². The largest absolute Gasteiger partial charge is 0.488 e. The second-order valence-corrected chi connectivity index (χ2v) is 11.6. The van der Waals surface area contributed by atoms with Gasteiger partial charge in [-0.3, -0.25) is 0 Å². The highest BCUT2D eigenvalue weighted by Crippen LogP contribution is 2.45. The topological polar surface area (TPSA) is 65.1 Å². The van der Waals surface area contributed by atoms with Gasteiger partial charge in [-0.2, -0.15) is 0 Å². The second kappa shape index (κ2) is 9.94. The zero-order valence-electron chi connectivity index (χ0n) is 21.4. The maximum absolute atomic E-state index is 12.4. The molecule has 2 fully saturated rings. The predicted octanol–water partition coefficient (Wildman–Crippen LogP) is 6.18. The van der Waals surface area contributed by atoms with Gasteiger partial charge in [-0.1, -0.05) is 20.8 Å². The van der Waals surface area contributed by atoms with Gasteiger partial charge in [0.1, 0.15) is 17.5 Å². The summed E-state index contributed by atoms with van der Waals surface area (Å²) in [5.74, 6) is 1.55. The summed E-state index contributed by atoms with van der Waals surface area (Å²) in [7, 11) is 1.41. The van der Waals surface area contributed by atoms with Crippen molar-refractivity contribution in [3.63, 3.8) is 0 Å². The van der Waals surface area contributed by atoms with E-state index >= 15 is 0 Å². The van der Waals surface area contributed by atoms with Gasteiger partial charge in [-0.15, -0.1) is 0 Å². The molecule has 0 N–H and O–H groups in total. The Labute approximate surface area is 199 Å². The van der Waals surface area contributed by atoms with E-state index in [0.29, 0.717) is 35.9 Å². The number of benzene rings is 1. The van der Waals surface area contributed by atoms with Crippen LogP contribution in [0.1, 0.15) is 95.5 Å².